The van der Waals surface area contributed by atoms with E-state index in [-0.39, 0.29) is 0 Å². The van der Waals surface area contributed by atoms with Crippen LogP contribution in [0.3, 0.4) is 0 Å². The van der Waals surface area contributed by atoms with Crippen LogP contribution in [0.15, 0.2) is 22.7 Å². The first kappa shape index (κ1) is 9.75. The molecule has 0 amide bonds. The Balaban J connectivity index is 2.84. The van der Waals surface area contributed by atoms with Crippen LogP contribution in [0.5, 0.6) is 0 Å². The lowest BCUT2D eigenvalue weighted by atomic mass is 10.1. The minimum absolute atomic E-state index is 0.541. The van der Waals surface area contributed by atoms with E-state index in [0.29, 0.717) is 11.4 Å². The number of rotatable bonds is 3. The monoisotopic (exact) mass is 246 g/mol. The molecule has 1 aromatic carbocycles. The van der Waals surface area contributed by atoms with Gasteiger partial charge in [-0.15, -0.1) is 0 Å². The van der Waals surface area contributed by atoms with Crippen molar-refractivity contribution in [2.24, 2.45) is 0 Å². The average molecular weight is 248 g/mol. The third kappa shape index (κ3) is 2.32. The predicted molar refractivity (Wildman–Crippen MR) is 53.5 cm³/mol. The summed E-state index contributed by atoms with van der Waals surface area (Å²) in [6.07, 6.45) is 2.19. The fourth-order valence-corrected chi connectivity index (χ4v) is 1.61. The maximum atomic E-state index is 10.1. The highest BCUT2D eigenvalue weighted by molar-refractivity contribution is 9.10. The highest BCUT2D eigenvalue weighted by Gasteiger charge is 2.02. The average Bonchev–Trinajstić information content (AvgIpc) is 2.08. The topological polar surface area (TPSA) is 17.1 Å². The van der Waals surface area contributed by atoms with Gasteiger partial charge in [-0.1, -0.05) is 23.7 Å². The van der Waals surface area contributed by atoms with Gasteiger partial charge in [-0.25, -0.2) is 0 Å². The first-order valence-electron chi connectivity index (χ1n) is 3.62. The Morgan fingerprint density at radius 2 is 2.25 bits per heavy atom. The minimum atomic E-state index is 0.541. The van der Waals surface area contributed by atoms with Gasteiger partial charge in [0.2, 0.25) is 0 Å². The van der Waals surface area contributed by atoms with Crippen LogP contribution in [0, 0.1) is 0 Å². The van der Waals surface area contributed by atoms with E-state index in [0.717, 1.165) is 22.7 Å². The summed E-state index contributed by atoms with van der Waals surface area (Å²) < 4.78 is 0.897. The van der Waals surface area contributed by atoms with Crippen molar-refractivity contribution in [2.75, 3.05) is 0 Å². The molecular formula is C9H8BrClO. The van der Waals surface area contributed by atoms with Gasteiger partial charge in [0.15, 0.2) is 0 Å². The number of halogens is 2. The molecule has 0 fully saturated rings. The molecule has 0 bridgehead atoms. The van der Waals surface area contributed by atoms with E-state index in [4.69, 9.17) is 11.6 Å². The highest BCUT2D eigenvalue weighted by Crippen LogP contribution is 2.26. The molecule has 0 heterocycles. The molecule has 0 spiro atoms. The number of aldehydes is 1. The number of carbonyl (C=O) groups is 1. The summed E-state index contributed by atoms with van der Waals surface area (Å²) in [6, 6.07) is 5.66. The van der Waals surface area contributed by atoms with Crippen LogP contribution in [0.25, 0.3) is 0 Å². The van der Waals surface area contributed by atoms with Crippen molar-refractivity contribution in [3.63, 3.8) is 0 Å². The van der Waals surface area contributed by atoms with Crippen LogP contribution in [0.2, 0.25) is 5.02 Å². The zero-order valence-electron chi connectivity index (χ0n) is 6.39. The van der Waals surface area contributed by atoms with E-state index in [1.165, 1.54) is 0 Å². The molecule has 0 aliphatic heterocycles. The summed E-state index contributed by atoms with van der Waals surface area (Å²) >= 11 is 9.22. The minimum Gasteiger partial charge on any atom is -0.303 e. The van der Waals surface area contributed by atoms with Crippen LogP contribution < -0.4 is 0 Å². The maximum absolute atomic E-state index is 10.1. The molecular weight excluding hydrogens is 239 g/mol. The van der Waals surface area contributed by atoms with E-state index in [9.17, 15) is 4.79 Å². The largest absolute Gasteiger partial charge is 0.303 e. The Kier molecular flexibility index (Phi) is 3.76. The molecule has 0 atom stereocenters. The number of hydrogen-bond donors (Lipinski definition) is 0. The van der Waals surface area contributed by atoms with Gasteiger partial charge < -0.3 is 4.79 Å². The zero-order chi connectivity index (χ0) is 8.97. The normalized spacial score (nSPS) is 9.83. The molecule has 1 nitrogen and oxygen atoms in total. The first-order valence-corrected chi connectivity index (χ1v) is 4.79. The molecule has 0 aliphatic carbocycles. The molecule has 0 aromatic heterocycles. The lowest BCUT2D eigenvalue weighted by molar-refractivity contribution is -0.107. The third-order valence-corrected chi connectivity index (χ3v) is 3.04. The van der Waals surface area contributed by atoms with Gasteiger partial charge in [-0.3, -0.25) is 0 Å². The number of aryl methyl sites for hydroxylation is 1. The van der Waals surface area contributed by atoms with Crippen molar-refractivity contribution < 1.29 is 4.79 Å². The SMILES string of the molecule is O=CCCc1cccc(Cl)c1Br. The Morgan fingerprint density at radius 3 is 2.92 bits per heavy atom. The van der Waals surface area contributed by atoms with E-state index in [2.05, 4.69) is 15.9 Å². The fraction of sp³-hybridized carbons (Fsp3) is 0.222. The molecule has 0 N–H and O–H groups in total. The first-order chi connectivity index (χ1) is 5.75. The van der Waals surface area contributed by atoms with Crippen LogP contribution in [0.1, 0.15) is 12.0 Å². The Bertz CT molecular complexity index is 286. The molecule has 0 radical (unpaired) electrons. The van der Waals surface area contributed by atoms with E-state index in [1.54, 1.807) is 0 Å². The summed E-state index contributed by atoms with van der Waals surface area (Å²) in [6.45, 7) is 0. The molecule has 0 unspecified atom stereocenters. The number of hydrogen-bond acceptors (Lipinski definition) is 1. The summed E-state index contributed by atoms with van der Waals surface area (Å²) in [4.78, 5) is 10.1. The van der Waals surface area contributed by atoms with Crippen molar-refractivity contribution >= 4 is 33.8 Å². The molecule has 0 saturated carbocycles. The van der Waals surface area contributed by atoms with E-state index >= 15 is 0 Å². The molecule has 0 saturated heterocycles. The van der Waals surface area contributed by atoms with Crippen LogP contribution >= 0.6 is 27.5 Å². The summed E-state index contributed by atoms with van der Waals surface area (Å²) in [5.41, 5.74) is 1.08. The van der Waals surface area contributed by atoms with Crippen LogP contribution in [-0.2, 0) is 11.2 Å². The molecule has 0 aliphatic rings. The second-order valence-corrected chi connectivity index (χ2v) is 3.62. The van der Waals surface area contributed by atoms with Gasteiger partial charge in [-0.05, 0) is 34.0 Å². The van der Waals surface area contributed by atoms with Gasteiger partial charge in [0.05, 0.1) is 5.02 Å². The number of carbonyl (C=O) groups excluding carboxylic acids is 1. The Morgan fingerprint density at radius 1 is 1.50 bits per heavy atom. The summed E-state index contributed by atoms with van der Waals surface area (Å²) in [7, 11) is 0. The van der Waals surface area contributed by atoms with Crippen molar-refractivity contribution in [3.05, 3.63) is 33.3 Å². The Hall–Kier alpha value is -0.340. The van der Waals surface area contributed by atoms with Gasteiger partial charge in [-0.2, -0.15) is 0 Å². The standard InChI is InChI=1S/C9H8BrClO/c10-9-7(4-2-6-12)3-1-5-8(9)11/h1,3,5-6H,2,4H2. The van der Waals surface area contributed by atoms with Crippen LogP contribution in [0.4, 0.5) is 0 Å². The lowest BCUT2D eigenvalue weighted by Crippen LogP contribution is -1.87. The second-order valence-electron chi connectivity index (χ2n) is 2.42. The quantitative estimate of drug-likeness (QED) is 0.750. The fourth-order valence-electron chi connectivity index (χ4n) is 0.956. The molecule has 3 heteroatoms. The molecule has 1 aromatic rings. The molecule has 1 rings (SSSR count). The van der Waals surface area contributed by atoms with Gasteiger partial charge >= 0.3 is 0 Å². The molecule has 12 heavy (non-hydrogen) atoms. The van der Waals surface area contributed by atoms with E-state index in [1.807, 2.05) is 18.2 Å². The van der Waals surface area contributed by atoms with E-state index < -0.39 is 0 Å². The van der Waals surface area contributed by atoms with Crippen LogP contribution in [-0.4, -0.2) is 6.29 Å². The lowest BCUT2D eigenvalue weighted by Gasteiger charge is -2.02. The molecule has 64 valence electrons. The second kappa shape index (κ2) is 4.63. The van der Waals surface area contributed by atoms with Crippen molar-refractivity contribution in [3.8, 4) is 0 Å². The van der Waals surface area contributed by atoms with Gasteiger partial charge in [0, 0.05) is 10.9 Å². The smallest absolute Gasteiger partial charge is 0.120 e. The highest BCUT2D eigenvalue weighted by atomic mass is 79.9. The Labute approximate surface area is 84.9 Å². The van der Waals surface area contributed by atoms with Crippen molar-refractivity contribution in [1.82, 2.24) is 0 Å². The van der Waals surface area contributed by atoms with Gasteiger partial charge in [0.1, 0.15) is 6.29 Å². The van der Waals surface area contributed by atoms with Crippen molar-refractivity contribution in [1.29, 1.82) is 0 Å². The third-order valence-electron chi connectivity index (χ3n) is 1.56. The maximum Gasteiger partial charge on any atom is 0.120 e. The number of benzene rings is 1. The summed E-state index contributed by atoms with van der Waals surface area (Å²) in [5.74, 6) is 0. The van der Waals surface area contributed by atoms with Gasteiger partial charge in [0.25, 0.3) is 0 Å². The van der Waals surface area contributed by atoms with Crippen molar-refractivity contribution in [2.45, 2.75) is 12.8 Å². The zero-order valence-corrected chi connectivity index (χ0v) is 8.73. The predicted octanol–water partition coefficient (Wildman–Crippen LogP) is 3.23. The summed E-state index contributed by atoms with van der Waals surface area (Å²) in [5, 5.41) is 0.693.